The van der Waals surface area contributed by atoms with Crippen LogP contribution in [0.4, 0.5) is 5.00 Å². The first kappa shape index (κ1) is 20.8. The summed E-state index contributed by atoms with van der Waals surface area (Å²) in [5.74, 6) is 0.586. The molecule has 0 saturated carbocycles. The Morgan fingerprint density at radius 2 is 1.80 bits per heavy atom. The van der Waals surface area contributed by atoms with Crippen molar-refractivity contribution in [2.24, 2.45) is 0 Å². The third kappa shape index (κ3) is 4.51. The van der Waals surface area contributed by atoms with Crippen LogP contribution in [0.15, 0.2) is 53.1 Å². The molecule has 4 rings (SSSR count). The molecular formula is C24H28N2O3S. The number of morpholine rings is 1. The number of rotatable bonds is 6. The Bertz CT molecular complexity index is 971. The van der Waals surface area contributed by atoms with Gasteiger partial charge >= 0.3 is 0 Å². The zero-order chi connectivity index (χ0) is 21.1. The van der Waals surface area contributed by atoms with Crippen LogP contribution in [0.25, 0.3) is 0 Å². The Kier molecular flexibility index (Phi) is 6.37. The average Bonchev–Trinajstić information content (AvgIpc) is 3.40. The maximum Gasteiger partial charge on any atom is 0.291 e. The molecule has 1 aliphatic rings. The molecule has 3 aromatic rings. The lowest BCUT2D eigenvalue weighted by Gasteiger charge is -2.35. The minimum absolute atomic E-state index is 0.0620. The van der Waals surface area contributed by atoms with Gasteiger partial charge in [-0.15, -0.1) is 11.3 Å². The Morgan fingerprint density at radius 1 is 1.10 bits per heavy atom. The second-order valence-electron chi connectivity index (χ2n) is 7.95. The van der Waals surface area contributed by atoms with Gasteiger partial charge in [0.15, 0.2) is 5.76 Å². The molecule has 0 bridgehead atoms. The smallest absolute Gasteiger partial charge is 0.291 e. The molecular weight excluding hydrogens is 396 g/mol. The van der Waals surface area contributed by atoms with Gasteiger partial charge in [0.1, 0.15) is 5.00 Å². The highest BCUT2D eigenvalue weighted by atomic mass is 32.1. The number of carbonyl (C=O) groups is 1. The summed E-state index contributed by atoms with van der Waals surface area (Å²) < 4.78 is 10.9. The highest BCUT2D eigenvalue weighted by Gasteiger charge is 2.28. The molecule has 1 saturated heterocycles. The molecule has 3 heterocycles. The molecule has 1 fully saturated rings. The number of amides is 1. The minimum Gasteiger partial charge on any atom is -0.459 e. The van der Waals surface area contributed by atoms with Crippen molar-refractivity contribution in [3.05, 3.63) is 76.1 Å². The quantitative estimate of drug-likeness (QED) is 0.572. The summed E-state index contributed by atoms with van der Waals surface area (Å²) in [7, 11) is 0. The van der Waals surface area contributed by atoms with E-state index in [1.165, 1.54) is 17.4 Å². The first-order valence-electron chi connectivity index (χ1n) is 10.4. The van der Waals surface area contributed by atoms with Crippen molar-refractivity contribution >= 4 is 22.2 Å². The molecule has 0 radical (unpaired) electrons. The first-order chi connectivity index (χ1) is 14.5. The van der Waals surface area contributed by atoms with E-state index >= 15 is 0 Å². The zero-order valence-corrected chi connectivity index (χ0v) is 18.5. The Balaban J connectivity index is 1.71. The minimum atomic E-state index is -0.223. The van der Waals surface area contributed by atoms with Gasteiger partial charge in [0, 0.05) is 23.5 Å². The molecule has 1 aromatic carbocycles. The summed E-state index contributed by atoms with van der Waals surface area (Å²) in [5.41, 5.74) is 3.68. The number of anilines is 1. The lowest BCUT2D eigenvalue weighted by Crippen LogP contribution is -2.39. The normalized spacial score (nSPS) is 16.0. The van der Waals surface area contributed by atoms with Crippen LogP contribution in [0, 0.1) is 6.92 Å². The summed E-state index contributed by atoms with van der Waals surface area (Å²) in [6.07, 6.45) is 1.52. The van der Waals surface area contributed by atoms with Gasteiger partial charge in [-0.25, -0.2) is 0 Å². The van der Waals surface area contributed by atoms with Crippen LogP contribution in [0.3, 0.4) is 0 Å². The summed E-state index contributed by atoms with van der Waals surface area (Å²) in [6.45, 7) is 9.65. The van der Waals surface area contributed by atoms with Gasteiger partial charge in [-0.05, 0) is 42.2 Å². The van der Waals surface area contributed by atoms with Crippen LogP contribution in [0.1, 0.15) is 57.9 Å². The number of benzene rings is 1. The number of aryl methyl sites for hydroxylation is 1. The third-order valence-electron chi connectivity index (χ3n) is 5.48. The number of nitrogens with zero attached hydrogens (tertiary/aromatic N) is 1. The van der Waals surface area contributed by atoms with E-state index in [1.54, 1.807) is 23.5 Å². The number of hydrogen-bond acceptors (Lipinski definition) is 5. The van der Waals surface area contributed by atoms with Gasteiger partial charge in [-0.2, -0.15) is 0 Å². The highest BCUT2D eigenvalue weighted by Crippen LogP contribution is 2.39. The number of ether oxygens (including phenoxy) is 1. The molecule has 5 nitrogen and oxygen atoms in total. The zero-order valence-electron chi connectivity index (χ0n) is 17.7. The number of furan rings is 1. The maximum absolute atomic E-state index is 12.7. The first-order valence-corrected chi connectivity index (χ1v) is 11.2. The van der Waals surface area contributed by atoms with E-state index in [2.05, 4.69) is 61.3 Å². The van der Waals surface area contributed by atoms with Crippen molar-refractivity contribution in [3.63, 3.8) is 0 Å². The van der Waals surface area contributed by atoms with E-state index in [4.69, 9.17) is 9.15 Å². The predicted molar refractivity (Wildman–Crippen MR) is 120 cm³/mol. The van der Waals surface area contributed by atoms with Crippen molar-refractivity contribution in [2.75, 3.05) is 31.6 Å². The second kappa shape index (κ2) is 9.16. The molecule has 0 spiro atoms. The maximum atomic E-state index is 12.7. The topological polar surface area (TPSA) is 54.7 Å². The van der Waals surface area contributed by atoms with Gasteiger partial charge < -0.3 is 14.5 Å². The van der Waals surface area contributed by atoms with Crippen LogP contribution in [0.5, 0.6) is 0 Å². The summed E-state index contributed by atoms with van der Waals surface area (Å²) in [4.78, 5) is 16.3. The van der Waals surface area contributed by atoms with E-state index in [1.807, 2.05) is 0 Å². The van der Waals surface area contributed by atoms with E-state index < -0.39 is 0 Å². The Labute approximate surface area is 181 Å². The molecule has 158 valence electrons. The average molecular weight is 425 g/mol. The van der Waals surface area contributed by atoms with E-state index in [-0.39, 0.29) is 11.9 Å². The van der Waals surface area contributed by atoms with Gasteiger partial charge in [0.05, 0.1) is 25.5 Å². The lowest BCUT2D eigenvalue weighted by molar-refractivity contribution is 0.0241. The van der Waals surface area contributed by atoms with Crippen molar-refractivity contribution < 1.29 is 13.9 Å². The largest absolute Gasteiger partial charge is 0.459 e. The van der Waals surface area contributed by atoms with Crippen molar-refractivity contribution in [1.82, 2.24) is 4.90 Å². The third-order valence-corrected chi connectivity index (χ3v) is 6.46. The van der Waals surface area contributed by atoms with Crippen molar-refractivity contribution in [1.29, 1.82) is 0 Å². The van der Waals surface area contributed by atoms with E-state index in [0.717, 1.165) is 41.7 Å². The van der Waals surface area contributed by atoms with Crippen LogP contribution < -0.4 is 5.32 Å². The Morgan fingerprint density at radius 3 is 2.43 bits per heavy atom. The predicted octanol–water partition coefficient (Wildman–Crippen LogP) is 5.45. The molecule has 2 aromatic heterocycles. The number of thiophene rings is 1. The van der Waals surface area contributed by atoms with E-state index in [0.29, 0.717) is 11.7 Å². The molecule has 1 N–H and O–H groups in total. The molecule has 6 heteroatoms. The van der Waals surface area contributed by atoms with Crippen LogP contribution in [0.2, 0.25) is 0 Å². The fourth-order valence-corrected chi connectivity index (χ4v) is 4.83. The van der Waals surface area contributed by atoms with Crippen molar-refractivity contribution in [3.8, 4) is 0 Å². The van der Waals surface area contributed by atoms with Gasteiger partial charge in [-0.3, -0.25) is 9.69 Å². The molecule has 1 aliphatic heterocycles. The molecule has 0 unspecified atom stereocenters. The van der Waals surface area contributed by atoms with E-state index in [9.17, 15) is 4.79 Å². The highest BCUT2D eigenvalue weighted by molar-refractivity contribution is 7.16. The standard InChI is InChI=1S/C24H28N2O3S/c1-16(2)18-6-8-19(9-7-18)22(26-10-13-28-14-11-26)20-15-17(3)30-24(20)25-23(27)21-5-4-12-29-21/h4-9,12,15-16,22H,10-11,13-14H2,1-3H3,(H,25,27)/t22-/m0/s1. The SMILES string of the molecule is Cc1cc([C@H](c2ccc(C(C)C)cc2)N2CCOCC2)c(NC(=O)c2ccco2)s1. The summed E-state index contributed by atoms with van der Waals surface area (Å²) >= 11 is 1.60. The molecule has 1 atom stereocenters. The Hall–Kier alpha value is -2.41. The fourth-order valence-electron chi connectivity index (χ4n) is 3.89. The molecule has 30 heavy (non-hydrogen) atoms. The fraction of sp³-hybridized carbons (Fsp3) is 0.375. The van der Waals surface area contributed by atoms with Crippen LogP contribution >= 0.6 is 11.3 Å². The van der Waals surface area contributed by atoms with Gasteiger partial charge in [-0.1, -0.05) is 38.1 Å². The van der Waals surface area contributed by atoms with Gasteiger partial charge in [0.2, 0.25) is 0 Å². The number of carbonyl (C=O) groups excluding carboxylic acids is 1. The number of nitrogens with one attached hydrogen (secondary N) is 1. The van der Waals surface area contributed by atoms with Gasteiger partial charge in [0.25, 0.3) is 5.91 Å². The van der Waals surface area contributed by atoms with Crippen LogP contribution in [-0.4, -0.2) is 37.1 Å². The molecule has 1 amide bonds. The summed E-state index contributed by atoms with van der Waals surface area (Å²) in [6, 6.07) is 14.5. The van der Waals surface area contributed by atoms with Crippen molar-refractivity contribution in [2.45, 2.75) is 32.7 Å². The van der Waals surface area contributed by atoms with Crippen LogP contribution in [-0.2, 0) is 4.74 Å². The second-order valence-corrected chi connectivity index (χ2v) is 9.20. The monoisotopic (exact) mass is 424 g/mol. The molecule has 0 aliphatic carbocycles. The number of hydrogen-bond donors (Lipinski definition) is 1. The lowest BCUT2D eigenvalue weighted by atomic mass is 9.94. The summed E-state index contributed by atoms with van der Waals surface area (Å²) in [5, 5.41) is 3.95.